The highest BCUT2D eigenvalue weighted by Gasteiger charge is 2.09. The van der Waals surface area contributed by atoms with Gasteiger partial charge in [-0.25, -0.2) is 4.39 Å². The van der Waals surface area contributed by atoms with E-state index >= 15 is 0 Å². The Labute approximate surface area is 111 Å². The normalized spacial score (nSPS) is 12.2. The highest BCUT2D eigenvalue weighted by atomic mass is 19.1. The molecule has 0 radical (unpaired) electrons. The quantitative estimate of drug-likeness (QED) is 0.919. The maximum atomic E-state index is 13.7. The monoisotopic (exact) mass is 261 g/mol. The van der Waals surface area contributed by atoms with E-state index in [2.05, 4.69) is 4.98 Å². The SMILES string of the molecule is Cc1cccnc1COc1ccc(C(C)O)c(F)c1. The zero-order chi connectivity index (χ0) is 13.8. The van der Waals surface area contributed by atoms with Crippen molar-refractivity contribution in [1.82, 2.24) is 4.98 Å². The summed E-state index contributed by atoms with van der Waals surface area (Å²) in [6.07, 6.45) is 0.870. The lowest BCUT2D eigenvalue weighted by molar-refractivity contribution is 0.193. The third-order valence-corrected chi connectivity index (χ3v) is 2.92. The number of benzene rings is 1. The molecule has 0 saturated carbocycles. The van der Waals surface area contributed by atoms with Crippen molar-refractivity contribution in [2.24, 2.45) is 0 Å². The Hall–Kier alpha value is -1.94. The molecule has 0 amide bonds. The second-order valence-corrected chi connectivity index (χ2v) is 4.41. The molecule has 1 aromatic carbocycles. The van der Waals surface area contributed by atoms with Crippen molar-refractivity contribution in [3.63, 3.8) is 0 Å². The molecule has 4 heteroatoms. The zero-order valence-corrected chi connectivity index (χ0v) is 10.9. The summed E-state index contributed by atoms with van der Waals surface area (Å²) >= 11 is 0. The Morgan fingerprint density at radius 2 is 2.16 bits per heavy atom. The first-order valence-electron chi connectivity index (χ1n) is 6.08. The third kappa shape index (κ3) is 3.29. The van der Waals surface area contributed by atoms with Crippen LogP contribution in [0.25, 0.3) is 0 Å². The zero-order valence-electron chi connectivity index (χ0n) is 10.9. The molecule has 3 nitrogen and oxygen atoms in total. The van der Waals surface area contributed by atoms with Crippen molar-refractivity contribution in [2.75, 3.05) is 0 Å². The lowest BCUT2D eigenvalue weighted by atomic mass is 10.1. The number of aliphatic hydroxyl groups is 1. The average Bonchev–Trinajstić information content (AvgIpc) is 2.37. The standard InChI is InChI=1S/C15H16FNO2/c1-10-4-3-7-17-15(10)9-19-12-5-6-13(11(2)18)14(16)8-12/h3-8,11,18H,9H2,1-2H3. The van der Waals surface area contributed by atoms with Crippen molar-refractivity contribution >= 4 is 0 Å². The number of aromatic nitrogens is 1. The van der Waals surface area contributed by atoms with Crippen LogP contribution in [-0.2, 0) is 6.61 Å². The van der Waals surface area contributed by atoms with Crippen LogP contribution < -0.4 is 4.74 Å². The maximum absolute atomic E-state index is 13.7. The van der Waals surface area contributed by atoms with Gasteiger partial charge in [-0.15, -0.1) is 0 Å². The van der Waals surface area contributed by atoms with E-state index in [1.165, 1.54) is 19.1 Å². The minimum absolute atomic E-state index is 0.265. The lowest BCUT2D eigenvalue weighted by Gasteiger charge is -2.10. The van der Waals surface area contributed by atoms with E-state index in [1.807, 2.05) is 19.1 Å². The number of hydrogen-bond acceptors (Lipinski definition) is 3. The molecular formula is C15H16FNO2. The van der Waals surface area contributed by atoms with Crippen LogP contribution in [0.15, 0.2) is 36.5 Å². The van der Waals surface area contributed by atoms with E-state index < -0.39 is 11.9 Å². The van der Waals surface area contributed by atoms with Gasteiger partial charge in [0.05, 0.1) is 11.8 Å². The Morgan fingerprint density at radius 1 is 1.37 bits per heavy atom. The molecule has 0 aliphatic heterocycles. The van der Waals surface area contributed by atoms with Crippen LogP contribution in [0.1, 0.15) is 29.8 Å². The smallest absolute Gasteiger partial charge is 0.132 e. The first-order valence-corrected chi connectivity index (χ1v) is 6.08. The number of nitrogens with zero attached hydrogens (tertiary/aromatic N) is 1. The molecule has 0 saturated heterocycles. The van der Waals surface area contributed by atoms with Crippen molar-refractivity contribution < 1.29 is 14.2 Å². The number of ether oxygens (including phenoxy) is 1. The Kier molecular flexibility index (Phi) is 4.12. The second-order valence-electron chi connectivity index (χ2n) is 4.41. The highest BCUT2D eigenvalue weighted by Crippen LogP contribution is 2.22. The summed E-state index contributed by atoms with van der Waals surface area (Å²) in [5.41, 5.74) is 2.12. The van der Waals surface area contributed by atoms with Crippen LogP contribution in [0.4, 0.5) is 4.39 Å². The number of aliphatic hydroxyl groups excluding tert-OH is 1. The summed E-state index contributed by atoms with van der Waals surface area (Å²) < 4.78 is 19.2. The summed E-state index contributed by atoms with van der Waals surface area (Å²) in [5.74, 6) is -0.0443. The van der Waals surface area contributed by atoms with Gasteiger partial charge in [0, 0.05) is 17.8 Å². The molecule has 0 spiro atoms. The maximum Gasteiger partial charge on any atom is 0.132 e. The summed E-state index contributed by atoms with van der Waals surface area (Å²) in [4.78, 5) is 4.20. The number of aryl methyl sites for hydroxylation is 1. The first-order chi connectivity index (χ1) is 9.08. The van der Waals surface area contributed by atoms with Crippen molar-refractivity contribution in [1.29, 1.82) is 0 Å². The lowest BCUT2D eigenvalue weighted by Crippen LogP contribution is -2.02. The van der Waals surface area contributed by atoms with Crippen LogP contribution >= 0.6 is 0 Å². The minimum atomic E-state index is -0.827. The number of pyridine rings is 1. The molecule has 1 heterocycles. The van der Waals surface area contributed by atoms with Crippen LogP contribution in [0, 0.1) is 12.7 Å². The van der Waals surface area contributed by atoms with Crippen LogP contribution in [0.5, 0.6) is 5.75 Å². The van der Waals surface area contributed by atoms with Crippen LogP contribution in [0.3, 0.4) is 0 Å². The molecule has 0 bridgehead atoms. The summed E-state index contributed by atoms with van der Waals surface area (Å²) in [6, 6.07) is 8.25. The Bertz CT molecular complexity index is 570. The number of hydrogen-bond donors (Lipinski definition) is 1. The van der Waals surface area contributed by atoms with E-state index in [-0.39, 0.29) is 5.56 Å². The molecule has 2 aromatic rings. The van der Waals surface area contributed by atoms with Gasteiger partial charge in [0.25, 0.3) is 0 Å². The Morgan fingerprint density at radius 3 is 2.79 bits per heavy atom. The van der Waals surface area contributed by atoms with E-state index in [0.717, 1.165) is 11.3 Å². The third-order valence-electron chi connectivity index (χ3n) is 2.92. The van der Waals surface area contributed by atoms with E-state index in [9.17, 15) is 9.50 Å². The van der Waals surface area contributed by atoms with Gasteiger partial charge in [0.15, 0.2) is 0 Å². The molecule has 2 rings (SSSR count). The fourth-order valence-electron chi connectivity index (χ4n) is 1.76. The van der Waals surface area contributed by atoms with Gasteiger partial charge in [-0.3, -0.25) is 4.98 Å². The summed E-state index contributed by atoms with van der Waals surface area (Å²) in [6.45, 7) is 3.76. The molecule has 19 heavy (non-hydrogen) atoms. The van der Waals surface area contributed by atoms with Crippen molar-refractivity contribution in [2.45, 2.75) is 26.6 Å². The van der Waals surface area contributed by atoms with Crippen molar-refractivity contribution in [3.8, 4) is 5.75 Å². The predicted octanol–water partition coefficient (Wildman–Crippen LogP) is 3.16. The van der Waals surface area contributed by atoms with Gasteiger partial charge >= 0.3 is 0 Å². The van der Waals surface area contributed by atoms with Gasteiger partial charge in [-0.2, -0.15) is 0 Å². The summed E-state index contributed by atoms with van der Waals surface area (Å²) in [7, 11) is 0. The fourth-order valence-corrected chi connectivity index (χ4v) is 1.76. The minimum Gasteiger partial charge on any atom is -0.487 e. The highest BCUT2D eigenvalue weighted by molar-refractivity contribution is 5.30. The first kappa shape index (κ1) is 13.5. The van der Waals surface area contributed by atoms with E-state index in [0.29, 0.717) is 12.4 Å². The second kappa shape index (κ2) is 5.80. The average molecular weight is 261 g/mol. The van der Waals surface area contributed by atoms with Crippen LogP contribution in [0.2, 0.25) is 0 Å². The van der Waals surface area contributed by atoms with Gasteiger partial charge in [-0.1, -0.05) is 6.07 Å². The molecular weight excluding hydrogens is 245 g/mol. The molecule has 100 valence electrons. The predicted molar refractivity (Wildman–Crippen MR) is 70.3 cm³/mol. The van der Waals surface area contributed by atoms with Gasteiger partial charge in [-0.05, 0) is 37.6 Å². The van der Waals surface area contributed by atoms with Gasteiger partial charge in [0.1, 0.15) is 18.2 Å². The molecule has 1 aromatic heterocycles. The molecule has 1 atom stereocenters. The fraction of sp³-hybridized carbons (Fsp3) is 0.267. The molecule has 1 N–H and O–H groups in total. The van der Waals surface area contributed by atoms with Crippen LogP contribution in [-0.4, -0.2) is 10.1 Å². The van der Waals surface area contributed by atoms with E-state index in [1.54, 1.807) is 12.3 Å². The molecule has 0 aliphatic rings. The molecule has 0 fully saturated rings. The number of halogens is 1. The van der Waals surface area contributed by atoms with E-state index in [4.69, 9.17) is 4.74 Å². The van der Waals surface area contributed by atoms with Gasteiger partial charge < -0.3 is 9.84 Å². The molecule has 1 unspecified atom stereocenters. The Balaban J connectivity index is 2.08. The largest absolute Gasteiger partial charge is 0.487 e. The number of rotatable bonds is 4. The topological polar surface area (TPSA) is 42.4 Å². The van der Waals surface area contributed by atoms with Crippen molar-refractivity contribution in [3.05, 3.63) is 59.2 Å². The summed E-state index contributed by atoms with van der Waals surface area (Å²) in [5, 5.41) is 9.35. The molecule has 0 aliphatic carbocycles. The van der Waals surface area contributed by atoms with Gasteiger partial charge in [0.2, 0.25) is 0 Å².